The summed E-state index contributed by atoms with van der Waals surface area (Å²) in [6.45, 7) is 4.67. The molecule has 0 aliphatic heterocycles. The van der Waals surface area contributed by atoms with Crippen molar-refractivity contribution < 1.29 is 0 Å². The maximum atomic E-state index is 5.96. The van der Waals surface area contributed by atoms with Crippen LogP contribution < -0.4 is 0 Å². The van der Waals surface area contributed by atoms with Gasteiger partial charge in [-0.2, -0.15) is 0 Å². The van der Waals surface area contributed by atoms with Gasteiger partial charge in [0.15, 0.2) is 0 Å². The molecule has 1 fully saturated rings. The van der Waals surface area contributed by atoms with Gasteiger partial charge < -0.3 is 0 Å². The third-order valence-corrected chi connectivity index (χ3v) is 4.54. The second kappa shape index (κ2) is 4.10. The molecule has 2 unspecified atom stereocenters. The summed E-state index contributed by atoms with van der Waals surface area (Å²) in [7, 11) is 0. The van der Waals surface area contributed by atoms with Crippen molar-refractivity contribution in [1.82, 2.24) is 0 Å². The predicted octanol–water partition coefficient (Wildman–Crippen LogP) is 4.69. The molecule has 2 rings (SSSR count). The van der Waals surface area contributed by atoms with Crippen molar-refractivity contribution in [2.45, 2.75) is 31.5 Å². The highest BCUT2D eigenvalue weighted by molar-refractivity contribution is 9.09. The normalized spacial score (nSPS) is 24.9. The summed E-state index contributed by atoms with van der Waals surface area (Å²) < 4.78 is 0. The van der Waals surface area contributed by atoms with E-state index in [4.69, 9.17) is 11.6 Å². The highest BCUT2D eigenvalue weighted by Gasteiger charge is 2.48. The highest BCUT2D eigenvalue weighted by atomic mass is 79.9. The fraction of sp³-hybridized carbons (Fsp3) is 0.538. The summed E-state index contributed by atoms with van der Waals surface area (Å²) in [4.78, 5) is 0.589. The molecule has 0 aromatic heterocycles. The van der Waals surface area contributed by atoms with Gasteiger partial charge in [0.25, 0.3) is 0 Å². The summed E-state index contributed by atoms with van der Waals surface area (Å²) in [6.07, 6.45) is 2.41. The Morgan fingerprint density at radius 2 is 2.20 bits per heavy atom. The van der Waals surface area contributed by atoms with Gasteiger partial charge in [-0.05, 0) is 41.9 Å². The monoisotopic (exact) mass is 286 g/mol. The first-order chi connectivity index (χ1) is 6.99. The molecule has 0 heterocycles. The van der Waals surface area contributed by atoms with Crippen LogP contribution in [0.3, 0.4) is 0 Å². The third kappa shape index (κ3) is 2.76. The molecular weight excluding hydrogens is 271 g/mol. The lowest BCUT2D eigenvalue weighted by atomic mass is 10.0. The Balaban J connectivity index is 1.98. The van der Waals surface area contributed by atoms with Crippen LogP contribution in [-0.4, -0.2) is 4.83 Å². The Kier molecular flexibility index (Phi) is 3.14. The molecule has 0 amide bonds. The first-order valence-electron chi connectivity index (χ1n) is 5.37. The van der Waals surface area contributed by atoms with Crippen LogP contribution in [0, 0.1) is 11.3 Å². The molecule has 82 valence electrons. The van der Waals surface area contributed by atoms with E-state index in [0.29, 0.717) is 10.2 Å². The molecule has 0 spiro atoms. The number of rotatable bonds is 3. The second-order valence-electron chi connectivity index (χ2n) is 5.15. The zero-order valence-corrected chi connectivity index (χ0v) is 11.5. The number of hydrogen-bond acceptors (Lipinski definition) is 0. The molecule has 2 atom stereocenters. The van der Waals surface area contributed by atoms with E-state index in [9.17, 15) is 0 Å². The molecule has 1 saturated carbocycles. The maximum Gasteiger partial charge on any atom is 0.0408 e. The highest BCUT2D eigenvalue weighted by Crippen LogP contribution is 2.55. The van der Waals surface area contributed by atoms with Gasteiger partial charge in [-0.15, -0.1) is 0 Å². The fourth-order valence-corrected chi connectivity index (χ4v) is 3.65. The number of benzene rings is 1. The van der Waals surface area contributed by atoms with Crippen LogP contribution in [0.4, 0.5) is 0 Å². The quantitative estimate of drug-likeness (QED) is 0.707. The maximum absolute atomic E-state index is 5.96. The Labute approximate surface area is 105 Å². The Morgan fingerprint density at radius 1 is 1.53 bits per heavy atom. The minimum absolute atomic E-state index is 0.534. The van der Waals surface area contributed by atoms with Gasteiger partial charge in [0.2, 0.25) is 0 Å². The van der Waals surface area contributed by atoms with Gasteiger partial charge in [0.1, 0.15) is 0 Å². The van der Waals surface area contributed by atoms with Gasteiger partial charge in [-0.1, -0.05) is 53.5 Å². The first kappa shape index (κ1) is 11.5. The van der Waals surface area contributed by atoms with E-state index in [2.05, 4.69) is 41.9 Å². The van der Waals surface area contributed by atoms with Crippen molar-refractivity contribution in [3.8, 4) is 0 Å². The van der Waals surface area contributed by atoms with Gasteiger partial charge >= 0.3 is 0 Å². The molecule has 1 aliphatic carbocycles. The van der Waals surface area contributed by atoms with E-state index in [0.717, 1.165) is 17.4 Å². The Hall–Kier alpha value is -0.0100. The Morgan fingerprint density at radius 3 is 2.73 bits per heavy atom. The smallest absolute Gasteiger partial charge is 0.0408 e. The van der Waals surface area contributed by atoms with E-state index in [1.807, 2.05) is 12.1 Å². The van der Waals surface area contributed by atoms with E-state index in [1.54, 1.807) is 0 Å². The van der Waals surface area contributed by atoms with Crippen LogP contribution in [0.5, 0.6) is 0 Å². The van der Waals surface area contributed by atoms with Crippen LogP contribution in [0.1, 0.15) is 25.8 Å². The van der Waals surface area contributed by atoms with Crippen LogP contribution in [0.25, 0.3) is 0 Å². The van der Waals surface area contributed by atoms with E-state index >= 15 is 0 Å². The summed E-state index contributed by atoms with van der Waals surface area (Å²) in [5.74, 6) is 0.816. The Bertz CT molecular complexity index is 359. The van der Waals surface area contributed by atoms with Gasteiger partial charge in [0, 0.05) is 9.85 Å². The molecule has 0 saturated heterocycles. The van der Waals surface area contributed by atoms with Crippen LogP contribution in [0.15, 0.2) is 24.3 Å². The van der Waals surface area contributed by atoms with Crippen molar-refractivity contribution >= 4 is 27.5 Å². The number of alkyl halides is 1. The summed E-state index contributed by atoms with van der Waals surface area (Å²) >= 11 is 9.76. The van der Waals surface area contributed by atoms with Crippen molar-refractivity contribution in [3.63, 3.8) is 0 Å². The molecule has 0 radical (unpaired) electrons. The molecule has 0 N–H and O–H groups in total. The average molecular weight is 288 g/mol. The standard InChI is InChI=1S/C13H16BrCl/c1-13(2)8-11(13)12(14)7-9-4-3-5-10(15)6-9/h3-6,11-12H,7-8H2,1-2H3. The van der Waals surface area contributed by atoms with Gasteiger partial charge in [-0.25, -0.2) is 0 Å². The molecule has 0 bridgehead atoms. The van der Waals surface area contributed by atoms with Crippen molar-refractivity contribution in [3.05, 3.63) is 34.9 Å². The van der Waals surface area contributed by atoms with E-state index in [-0.39, 0.29) is 0 Å². The minimum Gasteiger partial charge on any atom is -0.0884 e. The number of hydrogen-bond donors (Lipinski definition) is 0. The predicted molar refractivity (Wildman–Crippen MR) is 69.8 cm³/mol. The lowest BCUT2D eigenvalue weighted by Gasteiger charge is -2.11. The van der Waals surface area contributed by atoms with Crippen molar-refractivity contribution in [2.24, 2.45) is 11.3 Å². The van der Waals surface area contributed by atoms with Crippen LogP contribution in [0.2, 0.25) is 5.02 Å². The lowest BCUT2D eigenvalue weighted by Crippen LogP contribution is -2.09. The zero-order chi connectivity index (χ0) is 11.1. The topological polar surface area (TPSA) is 0 Å². The van der Waals surface area contributed by atoms with Crippen molar-refractivity contribution in [2.75, 3.05) is 0 Å². The third-order valence-electron chi connectivity index (χ3n) is 3.35. The molecule has 15 heavy (non-hydrogen) atoms. The number of halogens is 2. The molecule has 2 heteroatoms. The fourth-order valence-electron chi connectivity index (χ4n) is 2.16. The van der Waals surface area contributed by atoms with Crippen molar-refractivity contribution in [1.29, 1.82) is 0 Å². The molecule has 1 aromatic rings. The summed E-state index contributed by atoms with van der Waals surface area (Å²) in [6, 6.07) is 8.16. The minimum atomic E-state index is 0.534. The first-order valence-corrected chi connectivity index (χ1v) is 6.67. The molecular formula is C13H16BrCl. The molecule has 1 aromatic carbocycles. The van der Waals surface area contributed by atoms with E-state index in [1.165, 1.54) is 12.0 Å². The lowest BCUT2D eigenvalue weighted by molar-refractivity contribution is 0.546. The molecule has 0 nitrogen and oxygen atoms in total. The van der Waals surface area contributed by atoms with Crippen LogP contribution in [-0.2, 0) is 6.42 Å². The average Bonchev–Trinajstić information content (AvgIpc) is 2.75. The van der Waals surface area contributed by atoms with Gasteiger partial charge in [0.05, 0.1) is 0 Å². The SMILES string of the molecule is CC1(C)CC1C(Br)Cc1cccc(Cl)c1. The second-order valence-corrected chi connectivity index (χ2v) is 6.76. The van der Waals surface area contributed by atoms with E-state index < -0.39 is 0 Å². The van der Waals surface area contributed by atoms with Gasteiger partial charge in [-0.3, -0.25) is 0 Å². The molecule has 1 aliphatic rings. The van der Waals surface area contributed by atoms with Crippen LogP contribution >= 0.6 is 27.5 Å². The summed E-state index contributed by atoms with van der Waals surface area (Å²) in [5, 5.41) is 0.835. The zero-order valence-electron chi connectivity index (χ0n) is 9.13. The largest absolute Gasteiger partial charge is 0.0884 e. The summed E-state index contributed by atoms with van der Waals surface area (Å²) in [5.41, 5.74) is 1.86.